The Bertz CT molecular complexity index is 627. The van der Waals surface area contributed by atoms with E-state index in [0.717, 1.165) is 31.5 Å². The van der Waals surface area contributed by atoms with Gasteiger partial charge in [0.25, 0.3) is 0 Å². The van der Waals surface area contributed by atoms with Gasteiger partial charge in [-0.2, -0.15) is 4.98 Å². The Labute approximate surface area is 125 Å². The summed E-state index contributed by atoms with van der Waals surface area (Å²) in [6, 6.07) is 6.44. The summed E-state index contributed by atoms with van der Waals surface area (Å²) in [4.78, 5) is 4.55. The van der Waals surface area contributed by atoms with Crippen LogP contribution in [0.2, 0.25) is 0 Å². The van der Waals surface area contributed by atoms with Crippen molar-refractivity contribution in [3.8, 4) is 0 Å². The fourth-order valence-electron chi connectivity index (χ4n) is 3.02. The summed E-state index contributed by atoms with van der Waals surface area (Å²) in [6.07, 6.45) is 6.12. The normalized spacial score (nSPS) is 17.9. The van der Waals surface area contributed by atoms with E-state index in [1.807, 2.05) is 0 Å². The fourth-order valence-corrected chi connectivity index (χ4v) is 3.02. The third-order valence-corrected chi connectivity index (χ3v) is 4.57. The Morgan fingerprint density at radius 3 is 2.62 bits per heavy atom. The number of aromatic nitrogens is 2. The number of nitrogens with zero attached hydrogens (tertiary/aromatic N) is 2. The lowest BCUT2D eigenvalue weighted by molar-refractivity contribution is 0.219. The second-order valence-electron chi connectivity index (χ2n) is 6.33. The third kappa shape index (κ3) is 3.00. The van der Waals surface area contributed by atoms with E-state index in [4.69, 9.17) is 10.3 Å². The number of rotatable bonds is 3. The molecule has 4 nitrogen and oxygen atoms in total. The van der Waals surface area contributed by atoms with Crippen LogP contribution in [0.15, 0.2) is 22.7 Å². The van der Waals surface area contributed by atoms with Gasteiger partial charge in [-0.15, -0.1) is 0 Å². The molecule has 0 unspecified atom stereocenters. The summed E-state index contributed by atoms with van der Waals surface area (Å²) in [6.45, 7) is 4.24. The average Bonchev–Trinajstić information content (AvgIpc) is 2.93. The number of hydrogen-bond donors (Lipinski definition) is 1. The smallest absolute Gasteiger partial charge is 0.246 e. The lowest BCUT2D eigenvalue weighted by atomic mass is 9.82. The maximum Gasteiger partial charge on any atom is 0.246 e. The minimum absolute atomic E-state index is 0.410. The van der Waals surface area contributed by atoms with Gasteiger partial charge in [-0.3, -0.25) is 0 Å². The molecule has 2 N–H and O–H groups in total. The number of benzene rings is 1. The zero-order chi connectivity index (χ0) is 14.9. The third-order valence-electron chi connectivity index (χ3n) is 4.57. The average molecular weight is 285 g/mol. The minimum Gasteiger partial charge on any atom is -0.337 e. The highest BCUT2D eigenvalue weighted by Crippen LogP contribution is 2.33. The quantitative estimate of drug-likeness (QED) is 0.938. The molecule has 1 fully saturated rings. The minimum atomic E-state index is -0.410. The van der Waals surface area contributed by atoms with Crippen LogP contribution < -0.4 is 5.73 Å². The summed E-state index contributed by atoms with van der Waals surface area (Å²) in [5.41, 5.74) is 9.83. The number of hydrogen-bond acceptors (Lipinski definition) is 4. The molecule has 1 aromatic carbocycles. The van der Waals surface area contributed by atoms with Crippen LogP contribution in [0.4, 0.5) is 0 Å². The van der Waals surface area contributed by atoms with Crippen LogP contribution in [0.5, 0.6) is 0 Å². The maximum atomic E-state index is 6.43. The molecule has 4 heteroatoms. The molecule has 1 aliphatic carbocycles. The van der Waals surface area contributed by atoms with Crippen molar-refractivity contribution in [3.63, 3.8) is 0 Å². The number of nitrogens with two attached hydrogens (primary N) is 1. The van der Waals surface area contributed by atoms with Crippen LogP contribution in [0.25, 0.3) is 0 Å². The SMILES string of the molecule is Cc1ccc(Cc2noc(C3(N)CCCCC3)n2)cc1C. The van der Waals surface area contributed by atoms with E-state index < -0.39 is 5.54 Å². The molecule has 1 heterocycles. The van der Waals surface area contributed by atoms with Gasteiger partial charge >= 0.3 is 0 Å². The Kier molecular flexibility index (Phi) is 3.81. The lowest BCUT2D eigenvalue weighted by Gasteiger charge is -2.29. The predicted molar refractivity (Wildman–Crippen MR) is 82.0 cm³/mol. The first-order valence-corrected chi connectivity index (χ1v) is 7.75. The van der Waals surface area contributed by atoms with Gasteiger partial charge < -0.3 is 10.3 Å². The van der Waals surface area contributed by atoms with Crippen molar-refractivity contribution >= 4 is 0 Å². The van der Waals surface area contributed by atoms with E-state index in [-0.39, 0.29) is 0 Å². The highest BCUT2D eigenvalue weighted by Gasteiger charge is 2.35. The Morgan fingerprint density at radius 2 is 1.90 bits per heavy atom. The van der Waals surface area contributed by atoms with E-state index in [1.54, 1.807) is 0 Å². The molecule has 0 spiro atoms. The van der Waals surface area contributed by atoms with Crippen molar-refractivity contribution in [2.75, 3.05) is 0 Å². The zero-order valence-electron chi connectivity index (χ0n) is 12.9. The summed E-state index contributed by atoms with van der Waals surface area (Å²) in [7, 11) is 0. The molecular weight excluding hydrogens is 262 g/mol. The topological polar surface area (TPSA) is 64.9 Å². The summed E-state index contributed by atoms with van der Waals surface area (Å²) in [5, 5.41) is 4.12. The number of aryl methyl sites for hydroxylation is 2. The van der Waals surface area contributed by atoms with Gasteiger partial charge in [0, 0.05) is 6.42 Å². The van der Waals surface area contributed by atoms with Crippen LogP contribution in [0.1, 0.15) is 60.5 Å². The van der Waals surface area contributed by atoms with Crippen molar-refractivity contribution in [1.82, 2.24) is 10.1 Å². The van der Waals surface area contributed by atoms with Crippen molar-refractivity contribution in [3.05, 3.63) is 46.6 Å². The van der Waals surface area contributed by atoms with Crippen LogP contribution in [-0.2, 0) is 12.0 Å². The first-order chi connectivity index (χ1) is 10.1. The largest absolute Gasteiger partial charge is 0.337 e. The lowest BCUT2D eigenvalue weighted by Crippen LogP contribution is -2.39. The molecule has 1 saturated carbocycles. The molecule has 0 amide bonds. The molecule has 1 aromatic heterocycles. The Hall–Kier alpha value is -1.68. The first-order valence-electron chi connectivity index (χ1n) is 7.75. The van der Waals surface area contributed by atoms with E-state index in [0.29, 0.717) is 12.3 Å². The van der Waals surface area contributed by atoms with E-state index in [1.165, 1.54) is 23.1 Å². The molecule has 0 aliphatic heterocycles. The van der Waals surface area contributed by atoms with Gasteiger partial charge in [-0.1, -0.05) is 42.6 Å². The van der Waals surface area contributed by atoms with Crippen LogP contribution in [0, 0.1) is 13.8 Å². The summed E-state index contributed by atoms with van der Waals surface area (Å²) >= 11 is 0. The van der Waals surface area contributed by atoms with E-state index >= 15 is 0 Å². The molecule has 1 aliphatic rings. The monoisotopic (exact) mass is 285 g/mol. The fraction of sp³-hybridized carbons (Fsp3) is 0.529. The molecular formula is C17H23N3O. The molecule has 0 radical (unpaired) electrons. The van der Waals surface area contributed by atoms with Crippen LogP contribution in [-0.4, -0.2) is 10.1 Å². The van der Waals surface area contributed by atoms with Crippen LogP contribution >= 0.6 is 0 Å². The summed E-state index contributed by atoms with van der Waals surface area (Å²) in [5.74, 6) is 1.34. The standard InChI is InChI=1S/C17H23N3O/c1-12-6-7-14(10-13(12)2)11-15-19-16(21-20-15)17(18)8-4-3-5-9-17/h6-7,10H,3-5,8-9,11,18H2,1-2H3. The van der Waals surface area contributed by atoms with E-state index in [9.17, 15) is 0 Å². The van der Waals surface area contributed by atoms with Crippen molar-refractivity contribution < 1.29 is 4.52 Å². The van der Waals surface area contributed by atoms with Gasteiger partial charge in [0.2, 0.25) is 5.89 Å². The molecule has 2 aromatic rings. The predicted octanol–water partition coefficient (Wildman–Crippen LogP) is 3.40. The van der Waals surface area contributed by atoms with Crippen molar-refractivity contribution in [2.45, 2.75) is 57.9 Å². The van der Waals surface area contributed by atoms with E-state index in [2.05, 4.69) is 42.2 Å². The highest BCUT2D eigenvalue weighted by atomic mass is 16.5. The maximum absolute atomic E-state index is 6.43. The molecule has 0 atom stereocenters. The van der Waals surface area contributed by atoms with Gasteiger partial charge in [-0.25, -0.2) is 0 Å². The second-order valence-corrected chi connectivity index (χ2v) is 6.33. The molecule has 0 bridgehead atoms. The van der Waals surface area contributed by atoms with Crippen molar-refractivity contribution in [1.29, 1.82) is 0 Å². The zero-order valence-corrected chi connectivity index (χ0v) is 12.9. The summed E-state index contributed by atoms with van der Waals surface area (Å²) < 4.78 is 5.45. The molecule has 21 heavy (non-hydrogen) atoms. The first kappa shape index (κ1) is 14.3. The van der Waals surface area contributed by atoms with Crippen LogP contribution in [0.3, 0.4) is 0 Å². The van der Waals surface area contributed by atoms with Gasteiger partial charge in [0.05, 0.1) is 5.54 Å². The molecule has 112 valence electrons. The second kappa shape index (κ2) is 5.60. The molecule has 0 saturated heterocycles. The van der Waals surface area contributed by atoms with Gasteiger partial charge in [-0.05, 0) is 43.4 Å². The highest BCUT2D eigenvalue weighted by molar-refractivity contribution is 5.31. The van der Waals surface area contributed by atoms with Gasteiger partial charge in [0.15, 0.2) is 5.82 Å². The van der Waals surface area contributed by atoms with Gasteiger partial charge in [0.1, 0.15) is 0 Å². The Morgan fingerprint density at radius 1 is 1.14 bits per heavy atom. The molecule has 3 rings (SSSR count). The Balaban J connectivity index is 1.77. The van der Waals surface area contributed by atoms with Crippen molar-refractivity contribution in [2.24, 2.45) is 5.73 Å².